The molecule has 4 nitrogen and oxygen atoms in total. The van der Waals surface area contributed by atoms with Crippen molar-refractivity contribution < 1.29 is 9.63 Å². The van der Waals surface area contributed by atoms with Crippen molar-refractivity contribution in [2.75, 3.05) is 6.61 Å². The molecule has 1 N–H and O–H groups in total. The highest BCUT2D eigenvalue weighted by Gasteiger charge is 2.16. The van der Waals surface area contributed by atoms with Gasteiger partial charge in [0, 0.05) is 10.9 Å². The minimum absolute atomic E-state index is 0.225. The molecule has 2 aromatic rings. The number of hydroxylamine groups is 1. The first-order valence-corrected chi connectivity index (χ1v) is 7.76. The quantitative estimate of drug-likeness (QED) is 0.859. The van der Waals surface area contributed by atoms with Crippen molar-refractivity contribution in [3.8, 4) is 10.6 Å². The van der Waals surface area contributed by atoms with Gasteiger partial charge in [-0.1, -0.05) is 13.8 Å². The average Bonchev–Trinajstić information content (AvgIpc) is 2.96. The van der Waals surface area contributed by atoms with Gasteiger partial charge in [-0.2, -0.15) is 11.3 Å². The van der Waals surface area contributed by atoms with Crippen LogP contribution in [0.5, 0.6) is 0 Å². The highest BCUT2D eigenvalue weighted by atomic mass is 32.1. The molecule has 0 aromatic carbocycles. The summed E-state index contributed by atoms with van der Waals surface area (Å²) in [6, 6.07) is 2.00. The molecular weight excluding hydrogens is 280 g/mol. The second-order valence-electron chi connectivity index (χ2n) is 4.58. The summed E-state index contributed by atoms with van der Waals surface area (Å²) in [5.41, 5.74) is 4.25. The molecule has 0 bridgehead atoms. The van der Waals surface area contributed by atoms with Crippen LogP contribution in [0.2, 0.25) is 0 Å². The van der Waals surface area contributed by atoms with Crippen LogP contribution in [0.4, 0.5) is 0 Å². The Morgan fingerprint density at radius 1 is 1.53 bits per heavy atom. The first-order valence-electron chi connectivity index (χ1n) is 6.00. The number of carbonyl (C=O) groups is 1. The minimum Gasteiger partial charge on any atom is -0.273 e. The molecular formula is C13H16N2O2S2. The topological polar surface area (TPSA) is 51.2 Å². The van der Waals surface area contributed by atoms with Gasteiger partial charge in [0.05, 0.1) is 12.3 Å². The van der Waals surface area contributed by atoms with E-state index in [9.17, 15) is 4.79 Å². The summed E-state index contributed by atoms with van der Waals surface area (Å²) in [7, 11) is 0. The average molecular weight is 296 g/mol. The van der Waals surface area contributed by atoms with Gasteiger partial charge >= 0.3 is 0 Å². The smallest absolute Gasteiger partial charge is 0.273 e. The van der Waals surface area contributed by atoms with Gasteiger partial charge in [0.15, 0.2) is 0 Å². The van der Waals surface area contributed by atoms with Gasteiger partial charge < -0.3 is 0 Å². The molecule has 2 rings (SSSR count). The van der Waals surface area contributed by atoms with Crippen molar-refractivity contribution in [1.29, 1.82) is 0 Å². The number of thiazole rings is 1. The molecule has 0 fully saturated rings. The molecule has 2 heterocycles. The van der Waals surface area contributed by atoms with E-state index in [0.717, 1.165) is 16.3 Å². The molecule has 1 amide bonds. The maximum Gasteiger partial charge on any atom is 0.286 e. The fraction of sp³-hybridized carbons (Fsp3) is 0.385. The molecule has 0 saturated heterocycles. The van der Waals surface area contributed by atoms with Gasteiger partial charge in [-0.15, -0.1) is 11.3 Å². The van der Waals surface area contributed by atoms with Gasteiger partial charge in [-0.3, -0.25) is 9.63 Å². The lowest BCUT2D eigenvalue weighted by Crippen LogP contribution is -2.25. The molecule has 0 atom stereocenters. The Labute approximate surface area is 120 Å². The molecule has 0 aliphatic carbocycles. The van der Waals surface area contributed by atoms with E-state index in [1.165, 1.54) is 11.3 Å². The minimum atomic E-state index is -0.225. The van der Waals surface area contributed by atoms with Crippen molar-refractivity contribution in [2.24, 2.45) is 5.92 Å². The maximum atomic E-state index is 12.0. The predicted molar refractivity (Wildman–Crippen MR) is 78.4 cm³/mol. The zero-order valence-electron chi connectivity index (χ0n) is 11.1. The zero-order valence-corrected chi connectivity index (χ0v) is 12.7. The maximum absolute atomic E-state index is 12.0. The molecule has 0 spiro atoms. The second kappa shape index (κ2) is 6.27. The second-order valence-corrected chi connectivity index (χ2v) is 6.36. The molecule has 102 valence electrons. The van der Waals surface area contributed by atoms with Crippen LogP contribution in [-0.4, -0.2) is 17.5 Å². The predicted octanol–water partition coefficient (Wildman–Crippen LogP) is 3.50. The summed E-state index contributed by atoms with van der Waals surface area (Å²) in [6.07, 6.45) is 0. The third-order valence-electron chi connectivity index (χ3n) is 2.35. The normalized spacial score (nSPS) is 10.9. The Hall–Kier alpha value is -1.24. The molecule has 6 heteroatoms. The van der Waals surface area contributed by atoms with Crippen LogP contribution in [-0.2, 0) is 4.84 Å². The van der Waals surface area contributed by atoms with Gasteiger partial charge in [0.2, 0.25) is 0 Å². The highest BCUT2D eigenvalue weighted by Crippen LogP contribution is 2.29. The number of nitrogens with one attached hydrogen (secondary N) is 1. The number of thiophene rings is 1. The number of aryl methyl sites for hydroxylation is 1. The van der Waals surface area contributed by atoms with E-state index in [-0.39, 0.29) is 5.91 Å². The first-order chi connectivity index (χ1) is 9.08. The van der Waals surface area contributed by atoms with E-state index in [1.807, 2.05) is 37.6 Å². The zero-order chi connectivity index (χ0) is 13.8. The summed E-state index contributed by atoms with van der Waals surface area (Å²) in [5.74, 6) is 0.154. The van der Waals surface area contributed by atoms with Crippen molar-refractivity contribution in [3.63, 3.8) is 0 Å². The third kappa shape index (κ3) is 3.62. The number of hydrogen-bond acceptors (Lipinski definition) is 5. The summed E-state index contributed by atoms with van der Waals surface area (Å²) in [6.45, 7) is 6.39. The molecule has 0 unspecified atom stereocenters. The van der Waals surface area contributed by atoms with Gasteiger partial charge in [0.25, 0.3) is 5.91 Å². The summed E-state index contributed by atoms with van der Waals surface area (Å²) >= 11 is 3.00. The van der Waals surface area contributed by atoms with Gasteiger partial charge in [-0.25, -0.2) is 10.5 Å². The lowest BCUT2D eigenvalue weighted by Gasteiger charge is -2.06. The summed E-state index contributed by atoms with van der Waals surface area (Å²) in [4.78, 5) is 22.1. The van der Waals surface area contributed by atoms with E-state index in [0.29, 0.717) is 17.4 Å². The molecule has 19 heavy (non-hydrogen) atoms. The number of aromatic nitrogens is 1. The van der Waals surface area contributed by atoms with E-state index in [1.54, 1.807) is 11.3 Å². The molecule has 2 aromatic heterocycles. The van der Waals surface area contributed by atoms with Crippen LogP contribution in [0.25, 0.3) is 10.6 Å². The van der Waals surface area contributed by atoms with Crippen LogP contribution in [0.15, 0.2) is 16.8 Å². The third-order valence-corrected chi connectivity index (χ3v) is 4.24. The van der Waals surface area contributed by atoms with Crippen molar-refractivity contribution >= 4 is 28.6 Å². The highest BCUT2D eigenvalue weighted by molar-refractivity contribution is 7.17. The molecule has 0 saturated carbocycles. The SMILES string of the molecule is Cc1nc(-c2ccsc2)sc1C(=O)NOCC(C)C. The Balaban J connectivity index is 2.06. The lowest BCUT2D eigenvalue weighted by atomic mass is 10.2. The van der Waals surface area contributed by atoms with Crippen LogP contribution in [0, 0.1) is 12.8 Å². The summed E-state index contributed by atoms with van der Waals surface area (Å²) in [5, 5.41) is 4.89. The number of hydrogen-bond donors (Lipinski definition) is 1. The number of amides is 1. The van der Waals surface area contributed by atoms with Crippen LogP contribution in [0.3, 0.4) is 0 Å². The van der Waals surface area contributed by atoms with Crippen LogP contribution in [0.1, 0.15) is 29.2 Å². The van der Waals surface area contributed by atoms with Gasteiger partial charge in [-0.05, 0) is 24.3 Å². The van der Waals surface area contributed by atoms with Crippen LogP contribution < -0.4 is 5.48 Å². The standard InChI is InChI=1S/C13H16N2O2S2/c1-8(2)6-17-15-12(16)11-9(3)14-13(19-11)10-4-5-18-7-10/h4-5,7-8H,6H2,1-3H3,(H,15,16). The van der Waals surface area contributed by atoms with E-state index >= 15 is 0 Å². The Morgan fingerprint density at radius 3 is 2.95 bits per heavy atom. The monoisotopic (exact) mass is 296 g/mol. The van der Waals surface area contributed by atoms with E-state index in [2.05, 4.69) is 10.5 Å². The molecule has 0 aliphatic rings. The van der Waals surface area contributed by atoms with Crippen molar-refractivity contribution in [1.82, 2.24) is 10.5 Å². The number of carbonyl (C=O) groups excluding carboxylic acids is 1. The fourth-order valence-corrected chi connectivity index (χ4v) is 3.10. The van der Waals surface area contributed by atoms with E-state index in [4.69, 9.17) is 4.84 Å². The Kier molecular flexibility index (Phi) is 4.68. The fourth-order valence-electron chi connectivity index (χ4n) is 1.44. The van der Waals surface area contributed by atoms with Crippen molar-refractivity contribution in [2.45, 2.75) is 20.8 Å². The first kappa shape index (κ1) is 14.2. The summed E-state index contributed by atoms with van der Waals surface area (Å²) < 4.78 is 0. The van der Waals surface area contributed by atoms with E-state index < -0.39 is 0 Å². The molecule has 0 aliphatic heterocycles. The lowest BCUT2D eigenvalue weighted by molar-refractivity contribution is 0.0211. The van der Waals surface area contributed by atoms with Crippen LogP contribution >= 0.6 is 22.7 Å². The number of rotatable bonds is 5. The Morgan fingerprint density at radius 2 is 2.32 bits per heavy atom. The van der Waals surface area contributed by atoms with Crippen molar-refractivity contribution in [3.05, 3.63) is 27.4 Å². The molecule has 0 radical (unpaired) electrons. The van der Waals surface area contributed by atoms with Gasteiger partial charge in [0.1, 0.15) is 9.88 Å². The Bertz CT molecular complexity index is 547. The largest absolute Gasteiger partial charge is 0.286 e. The number of nitrogens with zero attached hydrogens (tertiary/aromatic N) is 1.